The Morgan fingerprint density at radius 3 is 1.97 bits per heavy atom. The quantitative estimate of drug-likeness (QED) is 0.568. The van der Waals surface area contributed by atoms with Crippen molar-refractivity contribution in [1.82, 2.24) is 0 Å². The predicted octanol–water partition coefficient (Wildman–Crippen LogP) is 6.63. The first-order chi connectivity index (χ1) is 14.5. The second kappa shape index (κ2) is 10.1. The third kappa shape index (κ3) is 5.10. The van der Waals surface area contributed by atoms with Crippen molar-refractivity contribution >= 4 is 0 Å². The van der Waals surface area contributed by atoms with Gasteiger partial charge in [-0.05, 0) is 130 Å². The lowest BCUT2D eigenvalue weighted by Gasteiger charge is -2.39. The maximum absolute atomic E-state index is 14.9. The van der Waals surface area contributed by atoms with Gasteiger partial charge < -0.3 is 11.5 Å². The maximum Gasteiger partial charge on any atom is 0.126 e. The van der Waals surface area contributed by atoms with Crippen molar-refractivity contribution < 1.29 is 4.39 Å². The van der Waals surface area contributed by atoms with E-state index in [9.17, 15) is 4.39 Å². The average Bonchev–Trinajstić information content (AvgIpc) is 2.79. The molecular weight excluding hydrogens is 371 g/mol. The molecule has 0 saturated heterocycles. The Hall–Kier alpha value is -0.930. The van der Waals surface area contributed by atoms with Crippen LogP contribution in [-0.4, -0.2) is 12.1 Å². The predicted molar refractivity (Wildman–Crippen MR) is 124 cm³/mol. The summed E-state index contributed by atoms with van der Waals surface area (Å²) < 4.78 is 14.9. The van der Waals surface area contributed by atoms with E-state index >= 15 is 0 Å². The summed E-state index contributed by atoms with van der Waals surface area (Å²) >= 11 is 0. The molecule has 1 aromatic carbocycles. The van der Waals surface area contributed by atoms with E-state index in [4.69, 9.17) is 11.5 Å². The molecule has 3 saturated carbocycles. The summed E-state index contributed by atoms with van der Waals surface area (Å²) in [5.74, 6) is 3.49. The molecule has 0 bridgehead atoms. The topological polar surface area (TPSA) is 52.0 Å². The van der Waals surface area contributed by atoms with E-state index in [0.717, 1.165) is 55.4 Å². The minimum Gasteiger partial charge on any atom is -0.328 e. The Morgan fingerprint density at radius 1 is 0.833 bits per heavy atom. The summed E-state index contributed by atoms with van der Waals surface area (Å²) in [5, 5.41) is 0. The van der Waals surface area contributed by atoms with Gasteiger partial charge in [-0.15, -0.1) is 0 Å². The molecule has 0 aliphatic heterocycles. The van der Waals surface area contributed by atoms with Crippen LogP contribution in [0.1, 0.15) is 113 Å². The Morgan fingerprint density at radius 2 is 1.40 bits per heavy atom. The first-order valence-corrected chi connectivity index (χ1v) is 12.9. The summed E-state index contributed by atoms with van der Waals surface area (Å²) in [5.41, 5.74) is 14.5. The normalized spacial score (nSPS) is 36.4. The van der Waals surface area contributed by atoms with Gasteiger partial charge in [0.15, 0.2) is 0 Å². The zero-order valence-electron chi connectivity index (χ0n) is 19.0. The van der Waals surface area contributed by atoms with Crippen LogP contribution >= 0.6 is 0 Å². The summed E-state index contributed by atoms with van der Waals surface area (Å²) in [7, 11) is 0. The molecule has 1 unspecified atom stereocenters. The van der Waals surface area contributed by atoms with Crippen molar-refractivity contribution in [3.8, 4) is 0 Å². The van der Waals surface area contributed by atoms with Crippen LogP contribution in [0, 0.1) is 23.6 Å². The Balaban J connectivity index is 1.29. The summed E-state index contributed by atoms with van der Waals surface area (Å²) in [6.45, 7) is 2.22. The molecule has 30 heavy (non-hydrogen) atoms. The smallest absolute Gasteiger partial charge is 0.126 e. The number of rotatable bonds is 5. The largest absolute Gasteiger partial charge is 0.328 e. The van der Waals surface area contributed by atoms with Crippen LogP contribution in [0.5, 0.6) is 0 Å². The third-order valence-corrected chi connectivity index (χ3v) is 9.04. The summed E-state index contributed by atoms with van der Waals surface area (Å²) in [4.78, 5) is 0. The lowest BCUT2D eigenvalue weighted by molar-refractivity contribution is 0.149. The fourth-order valence-corrected chi connectivity index (χ4v) is 6.86. The van der Waals surface area contributed by atoms with Gasteiger partial charge in [0, 0.05) is 12.1 Å². The van der Waals surface area contributed by atoms with E-state index in [1.54, 1.807) is 0 Å². The minimum atomic E-state index is 0.0284. The monoisotopic (exact) mass is 414 g/mol. The Bertz CT molecular complexity index is 665. The first-order valence-electron chi connectivity index (χ1n) is 12.9. The van der Waals surface area contributed by atoms with Crippen molar-refractivity contribution in [2.75, 3.05) is 0 Å². The lowest BCUT2D eigenvalue weighted by Crippen LogP contribution is -2.34. The van der Waals surface area contributed by atoms with Gasteiger partial charge in [0.05, 0.1) is 0 Å². The van der Waals surface area contributed by atoms with Gasteiger partial charge in [0.1, 0.15) is 5.82 Å². The highest BCUT2D eigenvalue weighted by Crippen LogP contribution is 2.45. The van der Waals surface area contributed by atoms with Crippen LogP contribution in [0.3, 0.4) is 0 Å². The van der Waals surface area contributed by atoms with Crippen molar-refractivity contribution in [2.24, 2.45) is 29.2 Å². The van der Waals surface area contributed by atoms with Gasteiger partial charge in [0.25, 0.3) is 0 Å². The van der Waals surface area contributed by atoms with Gasteiger partial charge >= 0.3 is 0 Å². The van der Waals surface area contributed by atoms with Gasteiger partial charge in [-0.1, -0.05) is 19.1 Å². The van der Waals surface area contributed by atoms with Crippen molar-refractivity contribution in [2.45, 2.75) is 114 Å². The molecule has 1 aromatic rings. The molecular formula is C27H43FN2. The fraction of sp³-hybridized carbons (Fsp3) is 0.778. The first kappa shape index (κ1) is 22.3. The van der Waals surface area contributed by atoms with Crippen LogP contribution in [0.15, 0.2) is 18.2 Å². The molecule has 2 nitrogen and oxygen atoms in total. The standard InChI is InChI=1S/C27H43FN2/c1-2-27(30)22-9-7-19(8-10-22)18-3-5-20(6-4-18)23-13-16-25(26(28)17-23)21-11-14-24(29)15-12-21/h13,16-22,24,27H,2-12,14-15,29-30H2,1H3. The molecule has 4 rings (SSSR count). The molecule has 168 valence electrons. The van der Waals surface area contributed by atoms with Crippen LogP contribution in [0.4, 0.5) is 4.39 Å². The second-order valence-corrected chi connectivity index (χ2v) is 10.8. The SMILES string of the molecule is CCC(N)C1CCC(C2CCC(c3ccc(C4CCC(N)CC4)c(F)c3)CC2)CC1. The highest BCUT2D eigenvalue weighted by Gasteiger charge is 2.33. The number of halogens is 1. The van der Waals surface area contributed by atoms with Gasteiger partial charge in [0.2, 0.25) is 0 Å². The number of hydrogen-bond donors (Lipinski definition) is 2. The number of hydrogen-bond acceptors (Lipinski definition) is 2. The van der Waals surface area contributed by atoms with E-state index in [1.807, 2.05) is 6.07 Å². The van der Waals surface area contributed by atoms with E-state index in [0.29, 0.717) is 23.9 Å². The molecule has 3 fully saturated rings. The van der Waals surface area contributed by atoms with Gasteiger partial charge in [-0.2, -0.15) is 0 Å². The summed E-state index contributed by atoms with van der Waals surface area (Å²) in [6.07, 6.45) is 15.8. The Kier molecular flexibility index (Phi) is 7.52. The zero-order valence-corrected chi connectivity index (χ0v) is 19.0. The molecule has 0 spiro atoms. The Labute approximate surface area is 183 Å². The van der Waals surface area contributed by atoms with Crippen molar-refractivity contribution in [3.05, 3.63) is 35.1 Å². The molecule has 3 aliphatic carbocycles. The average molecular weight is 415 g/mol. The minimum absolute atomic E-state index is 0.0284. The molecule has 4 N–H and O–H groups in total. The molecule has 0 radical (unpaired) electrons. The third-order valence-electron chi connectivity index (χ3n) is 9.04. The molecule has 1 atom stereocenters. The second-order valence-electron chi connectivity index (χ2n) is 10.8. The molecule has 0 aromatic heterocycles. The number of nitrogens with two attached hydrogens (primary N) is 2. The molecule has 0 heterocycles. The van der Waals surface area contributed by atoms with Crippen molar-refractivity contribution in [1.29, 1.82) is 0 Å². The molecule has 3 heteroatoms. The van der Waals surface area contributed by atoms with Crippen LogP contribution in [-0.2, 0) is 0 Å². The lowest BCUT2D eigenvalue weighted by atomic mass is 9.67. The zero-order chi connectivity index (χ0) is 21.1. The number of benzene rings is 1. The van der Waals surface area contributed by atoms with Gasteiger partial charge in [-0.3, -0.25) is 0 Å². The van der Waals surface area contributed by atoms with E-state index in [-0.39, 0.29) is 5.82 Å². The van der Waals surface area contributed by atoms with Gasteiger partial charge in [-0.25, -0.2) is 4.39 Å². The van der Waals surface area contributed by atoms with E-state index in [1.165, 1.54) is 56.9 Å². The highest BCUT2D eigenvalue weighted by molar-refractivity contribution is 5.30. The summed E-state index contributed by atoms with van der Waals surface area (Å²) in [6, 6.07) is 6.92. The van der Waals surface area contributed by atoms with Crippen molar-refractivity contribution in [3.63, 3.8) is 0 Å². The van der Waals surface area contributed by atoms with Crippen LogP contribution in [0.25, 0.3) is 0 Å². The molecule has 3 aliphatic rings. The molecule has 0 amide bonds. The fourth-order valence-electron chi connectivity index (χ4n) is 6.86. The van der Waals surface area contributed by atoms with E-state index in [2.05, 4.69) is 19.1 Å². The highest BCUT2D eigenvalue weighted by atomic mass is 19.1. The maximum atomic E-state index is 14.9. The van der Waals surface area contributed by atoms with Crippen LogP contribution < -0.4 is 11.5 Å². The van der Waals surface area contributed by atoms with Crippen LogP contribution in [0.2, 0.25) is 0 Å². The van der Waals surface area contributed by atoms with E-state index < -0.39 is 0 Å².